The summed E-state index contributed by atoms with van der Waals surface area (Å²) in [4.78, 5) is 36.4. The molecular weight excluding hydrogens is 432 g/mol. The molecule has 6 nitrogen and oxygen atoms in total. The lowest BCUT2D eigenvalue weighted by Gasteiger charge is -2.28. The number of benzene rings is 2. The molecule has 0 aromatic heterocycles. The first-order valence-corrected chi connectivity index (χ1v) is 12.2. The maximum atomic E-state index is 12.6. The van der Waals surface area contributed by atoms with Crippen LogP contribution in [0.3, 0.4) is 0 Å². The van der Waals surface area contributed by atoms with Crippen LogP contribution in [0.1, 0.15) is 91.5 Å². The Balaban J connectivity index is 1.52. The summed E-state index contributed by atoms with van der Waals surface area (Å²) in [6.07, 6.45) is 6.57. The molecule has 1 aliphatic carbocycles. The van der Waals surface area contributed by atoms with Gasteiger partial charge in [0.25, 0.3) is 0 Å². The summed E-state index contributed by atoms with van der Waals surface area (Å²) in [5, 5.41) is 0. The van der Waals surface area contributed by atoms with Crippen LogP contribution in [0, 0.1) is 5.92 Å². The molecule has 182 valence electrons. The standard InChI is InChI=1S/C28H34O6/c1-4-6-20-7-9-21(10-8-20)22-11-13-23(14-12-22)28(31)34-25-17-15-24(16-18-25)27(30)33-19(3)26(29)32-5-2/h11-21H,4-10H2,1-3H3/t19-,20?,21?/m1/s1. The molecule has 1 saturated carbocycles. The van der Waals surface area contributed by atoms with Gasteiger partial charge in [0.1, 0.15) is 5.75 Å². The highest BCUT2D eigenvalue weighted by Gasteiger charge is 2.22. The monoisotopic (exact) mass is 466 g/mol. The first-order chi connectivity index (χ1) is 16.4. The Hall–Kier alpha value is -3.15. The molecule has 6 heteroatoms. The molecule has 2 aromatic carbocycles. The minimum atomic E-state index is -1.00. The van der Waals surface area contributed by atoms with Gasteiger partial charge in [0, 0.05) is 0 Å². The van der Waals surface area contributed by atoms with E-state index in [9.17, 15) is 14.4 Å². The fourth-order valence-corrected chi connectivity index (χ4v) is 4.45. The molecule has 0 bridgehead atoms. The van der Waals surface area contributed by atoms with E-state index < -0.39 is 24.0 Å². The summed E-state index contributed by atoms with van der Waals surface area (Å²) < 4.78 is 15.4. The van der Waals surface area contributed by atoms with Gasteiger partial charge < -0.3 is 14.2 Å². The third kappa shape index (κ3) is 6.92. The average Bonchev–Trinajstić information content (AvgIpc) is 2.85. The molecule has 1 atom stereocenters. The van der Waals surface area contributed by atoms with E-state index in [4.69, 9.17) is 14.2 Å². The van der Waals surface area contributed by atoms with E-state index in [1.165, 1.54) is 75.3 Å². The Morgan fingerprint density at radius 3 is 2.03 bits per heavy atom. The fraction of sp³-hybridized carbons (Fsp3) is 0.464. The molecule has 0 heterocycles. The molecule has 0 radical (unpaired) electrons. The molecule has 34 heavy (non-hydrogen) atoms. The average molecular weight is 467 g/mol. The Morgan fingerprint density at radius 1 is 0.853 bits per heavy atom. The van der Waals surface area contributed by atoms with Gasteiger partial charge in [-0.15, -0.1) is 0 Å². The van der Waals surface area contributed by atoms with Crippen LogP contribution in [0.15, 0.2) is 48.5 Å². The molecule has 1 fully saturated rings. The van der Waals surface area contributed by atoms with Crippen LogP contribution in [0.2, 0.25) is 0 Å². The van der Waals surface area contributed by atoms with Gasteiger partial charge in [-0.05, 0) is 93.3 Å². The highest BCUT2D eigenvalue weighted by Crippen LogP contribution is 2.37. The quantitative estimate of drug-likeness (QED) is 0.329. The third-order valence-corrected chi connectivity index (χ3v) is 6.36. The van der Waals surface area contributed by atoms with Crippen molar-refractivity contribution in [1.82, 2.24) is 0 Å². The van der Waals surface area contributed by atoms with Gasteiger partial charge in [-0.3, -0.25) is 0 Å². The van der Waals surface area contributed by atoms with Crippen molar-refractivity contribution in [2.45, 2.75) is 71.3 Å². The SMILES string of the molecule is CCCC1CCC(c2ccc(C(=O)Oc3ccc(C(=O)O[C@H](C)C(=O)OCC)cc3)cc2)CC1. The zero-order chi connectivity index (χ0) is 24.5. The second-order valence-corrected chi connectivity index (χ2v) is 8.84. The maximum absolute atomic E-state index is 12.6. The Kier molecular flexibility index (Phi) is 9.25. The predicted octanol–water partition coefficient (Wildman–Crippen LogP) is 6.09. The van der Waals surface area contributed by atoms with Crippen molar-refractivity contribution in [2.75, 3.05) is 6.61 Å². The summed E-state index contributed by atoms with van der Waals surface area (Å²) in [6.45, 7) is 5.60. The van der Waals surface area contributed by atoms with Crippen molar-refractivity contribution in [3.63, 3.8) is 0 Å². The topological polar surface area (TPSA) is 78.9 Å². The van der Waals surface area contributed by atoms with Gasteiger partial charge in [0.2, 0.25) is 0 Å². The highest BCUT2D eigenvalue weighted by atomic mass is 16.6. The van der Waals surface area contributed by atoms with Crippen molar-refractivity contribution >= 4 is 17.9 Å². The lowest BCUT2D eigenvalue weighted by Crippen LogP contribution is -2.26. The molecule has 0 amide bonds. The Bertz CT molecular complexity index is 955. The maximum Gasteiger partial charge on any atom is 0.347 e. The van der Waals surface area contributed by atoms with E-state index in [0.717, 1.165) is 5.92 Å². The summed E-state index contributed by atoms with van der Waals surface area (Å²) in [6, 6.07) is 13.7. The number of ether oxygens (including phenoxy) is 3. The molecule has 0 aliphatic heterocycles. The number of rotatable bonds is 9. The van der Waals surface area contributed by atoms with E-state index in [1.54, 1.807) is 6.92 Å². The Morgan fingerprint density at radius 2 is 1.44 bits per heavy atom. The second kappa shape index (κ2) is 12.4. The van der Waals surface area contributed by atoms with Gasteiger partial charge in [0.05, 0.1) is 17.7 Å². The number of hydrogen-bond donors (Lipinski definition) is 0. The zero-order valence-electron chi connectivity index (χ0n) is 20.3. The smallest absolute Gasteiger partial charge is 0.347 e. The van der Waals surface area contributed by atoms with Crippen molar-refractivity contribution in [2.24, 2.45) is 5.92 Å². The van der Waals surface area contributed by atoms with Crippen molar-refractivity contribution in [3.8, 4) is 5.75 Å². The third-order valence-electron chi connectivity index (χ3n) is 6.36. The normalized spacial score (nSPS) is 18.6. The van der Waals surface area contributed by atoms with Crippen molar-refractivity contribution in [1.29, 1.82) is 0 Å². The number of carbonyl (C=O) groups excluding carboxylic acids is 3. The van der Waals surface area contributed by atoms with Crippen LogP contribution in [0.25, 0.3) is 0 Å². The van der Waals surface area contributed by atoms with Crippen LogP contribution in [-0.2, 0) is 14.3 Å². The number of hydrogen-bond acceptors (Lipinski definition) is 6. The molecule has 1 aliphatic rings. The minimum Gasteiger partial charge on any atom is -0.463 e. The largest absolute Gasteiger partial charge is 0.463 e. The van der Waals surface area contributed by atoms with E-state index >= 15 is 0 Å². The Labute approximate surface area is 201 Å². The molecule has 0 unspecified atom stereocenters. The molecular formula is C28H34O6. The van der Waals surface area contributed by atoms with Crippen molar-refractivity contribution in [3.05, 3.63) is 65.2 Å². The van der Waals surface area contributed by atoms with E-state index in [1.807, 2.05) is 24.3 Å². The minimum absolute atomic E-state index is 0.212. The van der Waals surface area contributed by atoms with Gasteiger partial charge in [-0.1, -0.05) is 31.9 Å². The summed E-state index contributed by atoms with van der Waals surface area (Å²) in [5.74, 6) is 0.0406. The van der Waals surface area contributed by atoms with Crippen LogP contribution in [0.4, 0.5) is 0 Å². The first-order valence-electron chi connectivity index (χ1n) is 12.2. The zero-order valence-corrected chi connectivity index (χ0v) is 20.3. The lowest BCUT2D eigenvalue weighted by molar-refractivity contribution is -0.152. The van der Waals surface area contributed by atoms with Gasteiger partial charge in [0.15, 0.2) is 6.10 Å². The molecule has 3 rings (SSSR count). The fourth-order valence-electron chi connectivity index (χ4n) is 4.45. The van der Waals surface area contributed by atoms with E-state index in [-0.39, 0.29) is 12.2 Å². The van der Waals surface area contributed by atoms with Crippen LogP contribution < -0.4 is 4.74 Å². The molecule has 0 saturated heterocycles. The van der Waals surface area contributed by atoms with Gasteiger partial charge in [-0.25, -0.2) is 14.4 Å². The lowest BCUT2D eigenvalue weighted by atomic mass is 9.77. The molecule has 2 aromatic rings. The molecule has 0 spiro atoms. The number of esters is 3. The van der Waals surface area contributed by atoms with Crippen LogP contribution in [0.5, 0.6) is 5.75 Å². The van der Waals surface area contributed by atoms with Gasteiger partial charge in [-0.2, -0.15) is 0 Å². The summed E-state index contributed by atoms with van der Waals surface area (Å²) in [5.41, 5.74) is 2.01. The van der Waals surface area contributed by atoms with Crippen molar-refractivity contribution < 1.29 is 28.6 Å². The molecule has 0 N–H and O–H groups in total. The summed E-state index contributed by atoms with van der Waals surface area (Å²) >= 11 is 0. The van der Waals surface area contributed by atoms with Gasteiger partial charge >= 0.3 is 17.9 Å². The van der Waals surface area contributed by atoms with E-state index in [2.05, 4.69) is 6.92 Å². The number of carbonyl (C=O) groups is 3. The van der Waals surface area contributed by atoms with Crippen LogP contribution >= 0.6 is 0 Å². The first kappa shape index (κ1) is 25.5. The van der Waals surface area contributed by atoms with Crippen LogP contribution in [-0.4, -0.2) is 30.6 Å². The summed E-state index contributed by atoms with van der Waals surface area (Å²) in [7, 11) is 0. The predicted molar refractivity (Wildman–Crippen MR) is 129 cm³/mol. The second-order valence-electron chi connectivity index (χ2n) is 8.84. The highest BCUT2D eigenvalue weighted by molar-refractivity contribution is 5.92. The van der Waals surface area contributed by atoms with E-state index in [0.29, 0.717) is 17.2 Å².